The number of likely N-dealkylation sites (tertiary alicyclic amines) is 1. The smallest absolute Gasteiger partial charge is 0.325 e. The number of carboxylic acids is 1. The minimum atomic E-state index is -0.806. The number of aryl methyl sites for hydroxylation is 2. The number of pyridine rings is 1. The van der Waals surface area contributed by atoms with Gasteiger partial charge in [-0.3, -0.25) is 14.4 Å². The Balaban J connectivity index is 1.03. The molecule has 0 bridgehead atoms. The molecule has 0 spiro atoms. The maximum absolute atomic E-state index is 12.5. The van der Waals surface area contributed by atoms with Crippen LogP contribution in [0.15, 0.2) is 36.5 Å². The van der Waals surface area contributed by atoms with Crippen molar-refractivity contribution in [2.45, 2.75) is 70.1 Å². The standard InChI is InChI=1S/C29H37N5O3/c35-29(36)27(25-8-3-5-22-17-31-34(26(22)25)18-20-9-10-20)33-15-13-24(19-33)37-16-2-1-7-23-12-11-21-6-4-14-30-28(21)32-23/h3,5,8,11-12,17,20,24,27H,1-2,4,6-7,9-10,13-16,18-19H2,(H,30,32)(H,35,36)/t24-,27-/m1/s1. The van der Waals surface area contributed by atoms with E-state index >= 15 is 0 Å². The van der Waals surface area contributed by atoms with Gasteiger partial charge in [-0.1, -0.05) is 24.3 Å². The van der Waals surface area contributed by atoms with Crippen LogP contribution in [0, 0.1) is 5.92 Å². The van der Waals surface area contributed by atoms with Crippen LogP contribution in [0.4, 0.5) is 5.82 Å². The molecular formula is C29H37N5O3. The molecule has 2 N–H and O–H groups in total. The molecule has 3 aliphatic rings. The van der Waals surface area contributed by atoms with Crippen LogP contribution in [-0.4, -0.2) is 63.1 Å². The van der Waals surface area contributed by atoms with Gasteiger partial charge in [0, 0.05) is 49.4 Å². The SMILES string of the molecule is O=C(O)[C@@H](c1cccc2cnn(CC3CC3)c12)N1CC[C@@H](OCCCCc2ccc3c(n2)NCCC3)C1. The summed E-state index contributed by atoms with van der Waals surface area (Å²) in [7, 11) is 0. The van der Waals surface area contributed by atoms with Crippen molar-refractivity contribution < 1.29 is 14.6 Å². The third-order valence-corrected chi connectivity index (χ3v) is 8.02. The second kappa shape index (κ2) is 10.8. The molecule has 2 atom stereocenters. The molecule has 2 fully saturated rings. The number of carboxylic acid groups (broad SMARTS) is 1. The third-order valence-electron chi connectivity index (χ3n) is 8.02. The monoisotopic (exact) mass is 503 g/mol. The highest BCUT2D eigenvalue weighted by molar-refractivity contribution is 5.88. The first-order valence-electron chi connectivity index (χ1n) is 13.9. The topological polar surface area (TPSA) is 92.5 Å². The lowest BCUT2D eigenvalue weighted by Crippen LogP contribution is -2.34. The van der Waals surface area contributed by atoms with Gasteiger partial charge in [-0.05, 0) is 68.9 Å². The van der Waals surface area contributed by atoms with E-state index in [0.717, 1.165) is 79.7 Å². The average Bonchev–Trinajstić information content (AvgIpc) is 3.45. The summed E-state index contributed by atoms with van der Waals surface area (Å²) in [6.07, 6.45) is 10.5. The number of para-hydroxylation sites is 1. The number of aliphatic carboxylic acids is 1. The maximum Gasteiger partial charge on any atom is 0.325 e. The fraction of sp³-hybridized carbons (Fsp3) is 0.552. The molecule has 196 valence electrons. The van der Waals surface area contributed by atoms with Crippen LogP contribution in [0.1, 0.15) is 61.4 Å². The number of hydrogen-bond acceptors (Lipinski definition) is 6. The van der Waals surface area contributed by atoms with E-state index in [2.05, 4.69) is 27.4 Å². The molecule has 8 nitrogen and oxygen atoms in total. The van der Waals surface area contributed by atoms with Gasteiger partial charge < -0.3 is 15.2 Å². The molecule has 3 aromatic rings. The highest BCUT2D eigenvalue weighted by Gasteiger charge is 2.36. The van der Waals surface area contributed by atoms with E-state index in [4.69, 9.17) is 9.72 Å². The van der Waals surface area contributed by atoms with Gasteiger partial charge >= 0.3 is 5.97 Å². The molecule has 0 unspecified atom stereocenters. The highest BCUT2D eigenvalue weighted by Crippen LogP contribution is 2.35. The van der Waals surface area contributed by atoms with E-state index in [-0.39, 0.29) is 6.10 Å². The quantitative estimate of drug-likeness (QED) is 0.374. The highest BCUT2D eigenvalue weighted by atomic mass is 16.5. The number of benzene rings is 1. The van der Waals surface area contributed by atoms with Crippen LogP contribution < -0.4 is 5.32 Å². The summed E-state index contributed by atoms with van der Waals surface area (Å²) in [6, 6.07) is 9.63. The zero-order chi connectivity index (χ0) is 25.2. The van der Waals surface area contributed by atoms with Crippen molar-refractivity contribution in [1.82, 2.24) is 19.7 Å². The lowest BCUT2D eigenvalue weighted by molar-refractivity contribution is -0.143. The number of anilines is 1. The van der Waals surface area contributed by atoms with Crippen molar-refractivity contribution in [1.29, 1.82) is 0 Å². The number of aromatic nitrogens is 3. The van der Waals surface area contributed by atoms with Crippen LogP contribution in [0.5, 0.6) is 0 Å². The summed E-state index contributed by atoms with van der Waals surface area (Å²) in [4.78, 5) is 19.4. The molecule has 6 rings (SSSR count). The summed E-state index contributed by atoms with van der Waals surface area (Å²) in [5.74, 6) is 0.924. The van der Waals surface area contributed by atoms with Crippen molar-refractivity contribution in [3.8, 4) is 0 Å². The van der Waals surface area contributed by atoms with Crippen molar-refractivity contribution in [2.75, 3.05) is 31.6 Å². The number of nitrogens with zero attached hydrogens (tertiary/aromatic N) is 4. The second-order valence-corrected chi connectivity index (χ2v) is 10.9. The molecule has 2 aliphatic heterocycles. The molecule has 1 aromatic carbocycles. The van der Waals surface area contributed by atoms with Crippen LogP contribution in [-0.2, 0) is 28.9 Å². The molecule has 1 aliphatic carbocycles. The second-order valence-electron chi connectivity index (χ2n) is 10.9. The molecule has 0 radical (unpaired) electrons. The zero-order valence-electron chi connectivity index (χ0n) is 21.4. The zero-order valence-corrected chi connectivity index (χ0v) is 21.4. The van der Waals surface area contributed by atoms with Crippen molar-refractivity contribution in [3.05, 3.63) is 53.3 Å². The number of unbranched alkanes of at least 4 members (excludes halogenated alkanes) is 1. The Morgan fingerprint density at radius 3 is 2.97 bits per heavy atom. The van der Waals surface area contributed by atoms with Gasteiger partial charge in [0.15, 0.2) is 0 Å². The van der Waals surface area contributed by atoms with E-state index in [1.807, 2.05) is 29.1 Å². The first-order chi connectivity index (χ1) is 18.2. The van der Waals surface area contributed by atoms with E-state index in [1.54, 1.807) is 0 Å². The number of carbonyl (C=O) groups is 1. The Labute approximate surface area is 218 Å². The van der Waals surface area contributed by atoms with Crippen LogP contribution >= 0.6 is 0 Å². The van der Waals surface area contributed by atoms with Crippen molar-refractivity contribution in [2.24, 2.45) is 5.92 Å². The van der Waals surface area contributed by atoms with E-state index < -0.39 is 12.0 Å². The average molecular weight is 504 g/mol. The fourth-order valence-electron chi connectivity index (χ4n) is 5.85. The summed E-state index contributed by atoms with van der Waals surface area (Å²) in [5, 5.41) is 19.3. The van der Waals surface area contributed by atoms with Gasteiger partial charge in [0.1, 0.15) is 11.9 Å². The molecule has 0 amide bonds. The molecule has 4 heterocycles. The number of nitrogens with one attached hydrogen (secondary N) is 1. The summed E-state index contributed by atoms with van der Waals surface area (Å²) < 4.78 is 8.22. The summed E-state index contributed by atoms with van der Waals surface area (Å²) >= 11 is 0. The van der Waals surface area contributed by atoms with E-state index in [9.17, 15) is 9.90 Å². The van der Waals surface area contributed by atoms with Crippen LogP contribution in [0.25, 0.3) is 10.9 Å². The van der Waals surface area contributed by atoms with Crippen LogP contribution in [0.3, 0.4) is 0 Å². The summed E-state index contributed by atoms with van der Waals surface area (Å²) in [6.45, 7) is 3.94. The number of ether oxygens (including phenoxy) is 1. The molecule has 1 saturated carbocycles. The molecule has 1 saturated heterocycles. The first-order valence-corrected chi connectivity index (χ1v) is 13.9. The number of rotatable bonds is 11. The number of hydrogen-bond donors (Lipinski definition) is 2. The van der Waals surface area contributed by atoms with Gasteiger partial charge in [0.2, 0.25) is 0 Å². The predicted molar refractivity (Wildman–Crippen MR) is 143 cm³/mol. The minimum Gasteiger partial charge on any atom is -0.480 e. The van der Waals surface area contributed by atoms with Gasteiger partial charge in [-0.25, -0.2) is 4.98 Å². The Hall–Kier alpha value is -2.97. The minimum absolute atomic E-state index is 0.0727. The Morgan fingerprint density at radius 1 is 1.19 bits per heavy atom. The molecule has 37 heavy (non-hydrogen) atoms. The Kier molecular flexibility index (Phi) is 7.11. The lowest BCUT2D eigenvalue weighted by atomic mass is 10.0. The van der Waals surface area contributed by atoms with Gasteiger partial charge in [-0.2, -0.15) is 5.10 Å². The normalized spacial score (nSPS) is 20.6. The fourth-order valence-corrected chi connectivity index (χ4v) is 5.85. The summed E-state index contributed by atoms with van der Waals surface area (Å²) in [5.41, 5.74) is 4.28. The predicted octanol–water partition coefficient (Wildman–Crippen LogP) is 4.44. The van der Waals surface area contributed by atoms with Crippen molar-refractivity contribution >= 4 is 22.7 Å². The first kappa shape index (κ1) is 24.4. The molecular weight excluding hydrogens is 466 g/mol. The molecule has 2 aromatic heterocycles. The largest absolute Gasteiger partial charge is 0.480 e. The van der Waals surface area contributed by atoms with E-state index in [0.29, 0.717) is 19.1 Å². The third kappa shape index (κ3) is 5.50. The number of fused-ring (bicyclic) bond motifs is 2. The molecule has 8 heteroatoms. The Bertz CT molecular complexity index is 1250. The van der Waals surface area contributed by atoms with Crippen LogP contribution in [0.2, 0.25) is 0 Å². The van der Waals surface area contributed by atoms with Gasteiger partial charge in [-0.15, -0.1) is 0 Å². The van der Waals surface area contributed by atoms with Crippen molar-refractivity contribution in [3.63, 3.8) is 0 Å². The maximum atomic E-state index is 12.5. The van der Waals surface area contributed by atoms with Gasteiger partial charge in [0.25, 0.3) is 0 Å². The van der Waals surface area contributed by atoms with E-state index in [1.165, 1.54) is 24.8 Å². The lowest BCUT2D eigenvalue weighted by Gasteiger charge is -2.25. The Morgan fingerprint density at radius 2 is 2.11 bits per heavy atom. The van der Waals surface area contributed by atoms with Gasteiger partial charge in [0.05, 0.1) is 17.8 Å².